The molecule has 3 rings (SSSR count). The fourth-order valence-corrected chi connectivity index (χ4v) is 3.07. The molecule has 11 heteroatoms. The quantitative estimate of drug-likeness (QED) is 0.105. The van der Waals surface area contributed by atoms with E-state index in [0.717, 1.165) is 18.4 Å². The molecule has 0 saturated heterocycles. The molecule has 0 bridgehead atoms. The number of hydroxylamine groups is 1. The summed E-state index contributed by atoms with van der Waals surface area (Å²) in [6, 6.07) is 12.0. The molecule has 0 heterocycles. The van der Waals surface area contributed by atoms with Crippen molar-refractivity contribution in [3.63, 3.8) is 0 Å². The lowest BCUT2D eigenvalue weighted by atomic mass is 10.1. The summed E-state index contributed by atoms with van der Waals surface area (Å²) in [4.78, 5) is 39.1. The van der Waals surface area contributed by atoms with E-state index in [9.17, 15) is 14.4 Å². The topological polar surface area (TPSA) is 170 Å². The molecule has 1 fully saturated rings. The van der Waals surface area contributed by atoms with E-state index in [-0.39, 0.29) is 11.5 Å². The summed E-state index contributed by atoms with van der Waals surface area (Å²) in [5, 5.41) is 20.9. The highest BCUT2D eigenvalue weighted by Gasteiger charge is 2.30. The Labute approximate surface area is 201 Å². The maximum Gasteiger partial charge on any atom is 0.268 e. The van der Waals surface area contributed by atoms with E-state index in [1.54, 1.807) is 48.5 Å². The van der Waals surface area contributed by atoms with Crippen molar-refractivity contribution in [2.75, 3.05) is 11.9 Å². The van der Waals surface area contributed by atoms with Crippen LogP contribution in [0.2, 0.25) is 0 Å². The van der Waals surface area contributed by atoms with Gasteiger partial charge in [0.25, 0.3) is 11.8 Å². The molecule has 3 amide bonds. The highest BCUT2D eigenvalue weighted by atomic mass is 16.5. The van der Waals surface area contributed by atoms with Crippen LogP contribution in [0.5, 0.6) is 0 Å². The van der Waals surface area contributed by atoms with E-state index in [2.05, 4.69) is 37.8 Å². The Morgan fingerprint density at radius 1 is 1.09 bits per heavy atom. The molecule has 2 atom stereocenters. The Morgan fingerprint density at radius 2 is 1.69 bits per heavy atom. The molecular weight excluding hydrogens is 450 g/mol. The van der Waals surface area contributed by atoms with Gasteiger partial charge in [0, 0.05) is 28.4 Å². The van der Waals surface area contributed by atoms with Crippen LogP contribution in [0.4, 0.5) is 5.69 Å². The molecule has 1 saturated carbocycles. The molecule has 0 unspecified atom stereocenters. The molecule has 11 nitrogen and oxygen atoms in total. The van der Waals surface area contributed by atoms with Gasteiger partial charge in [-0.25, -0.2) is 5.48 Å². The van der Waals surface area contributed by atoms with E-state index >= 15 is 0 Å². The van der Waals surface area contributed by atoms with Crippen LogP contribution >= 0.6 is 0 Å². The lowest BCUT2D eigenvalue weighted by Gasteiger charge is -2.16. The number of benzene rings is 2. The lowest BCUT2D eigenvalue weighted by molar-refractivity contribution is -0.131. The molecule has 0 aromatic heterocycles. The molecule has 2 aromatic carbocycles. The summed E-state index contributed by atoms with van der Waals surface area (Å²) in [6.07, 6.45) is 2.25. The zero-order valence-electron chi connectivity index (χ0n) is 19.0. The van der Waals surface area contributed by atoms with Gasteiger partial charge < -0.3 is 16.0 Å². The number of hydrogen-bond acceptors (Lipinski definition) is 7. The number of amides is 3. The van der Waals surface area contributed by atoms with Gasteiger partial charge in [-0.15, -0.1) is 0 Å². The zero-order chi connectivity index (χ0) is 25.2. The Hall–Kier alpha value is -4.36. The summed E-state index contributed by atoms with van der Waals surface area (Å²) in [5.41, 5.74) is 10.7. The van der Waals surface area contributed by atoms with Crippen molar-refractivity contribution in [1.29, 1.82) is 5.53 Å². The first-order valence-electron chi connectivity index (χ1n) is 11.0. The summed E-state index contributed by atoms with van der Waals surface area (Å²) < 4.78 is 0. The molecule has 0 spiro atoms. The number of rotatable bonds is 9. The average molecular weight is 477 g/mol. The predicted molar refractivity (Wildman–Crippen MR) is 126 cm³/mol. The first-order valence-corrected chi connectivity index (χ1v) is 11.0. The van der Waals surface area contributed by atoms with Crippen molar-refractivity contribution in [2.24, 2.45) is 5.11 Å². The lowest BCUT2D eigenvalue weighted by Crippen LogP contribution is -2.51. The Morgan fingerprint density at radius 3 is 2.23 bits per heavy atom. The van der Waals surface area contributed by atoms with Gasteiger partial charge in [0.15, 0.2) is 6.04 Å². The van der Waals surface area contributed by atoms with Crippen molar-refractivity contribution in [1.82, 2.24) is 21.0 Å². The SMILES string of the molecule is C[C@@H](N=[N+]=N)[C@H](NC(=O)c1ccc(C#Cc2ccc(NC(=O)CNC3CC3)cc2)cc1)C(=O)NO. The van der Waals surface area contributed by atoms with Crippen LogP contribution in [0, 0.1) is 17.4 Å². The number of hydrogen-bond donors (Lipinski definition) is 6. The fourth-order valence-electron chi connectivity index (χ4n) is 3.07. The van der Waals surface area contributed by atoms with E-state index < -0.39 is 23.9 Å². The van der Waals surface area contributed by atoms with Gasteiger partial charge in [0.05, 0.1) is 6.54 Å². The van der Waals surface area contributed by atoms with Crippen LogP contribution in [0.15, 0.2) is 53.6 Å². The third-order valence-corrected chi connectivity index (χ3v) is 5.20. The molecule has 2 aromatic rings. The number of carbonyl (C=O) groups excluding carboxylic acids is 3. The van der Waals surface area contributed by atoms with E-state index in [4.69, 9.17) is 10.7 Å². The second-order valence-electron chi connectivity index (χ2n) is 7.99. The Balaban J connectivity index is 1.57. The van der Waals surface area contributed by atoms with E-state index in [0.29, 0.717) is 23.8 Å². The second kappa shape index (κ2) is 12.2. The minimum atomic E-state index is -1.21. The largest absolute Gasteiger partial charge is 0.338 e. The number of nitrogens with zero attached hydrogens (tertiary/aromatic N) is 2. The van der Waals surface area contributed by atoms with Gasteiger partial charge >= 0.3 is 0 Å². The van der Waals surface area contributed by atoms with Gasteiger partial charge in [-0.2, -0.15) is 0 Å². The molecule has 0 aliphatic heterocycles. The minimum Gasteiger partial charge on any atom is -0.338 e. The number of anilines is 1. The van der Waals surface area contributed by atoms with E-state index in [1.807, 2.05) is 0 Å². The highest BCUT2D eigenvalue weighted by molar-refractivity contribution is 5.97. The van der Waals surface area contributed by atoms with Gasteiger partial charge in [0.2, 0.25) is 10.8 Å². The summed E-state index contributed by atoms with van der Waals surface area (Å²) >= 11 is 0. The van der Waals surface area contributed by atoms with Crippen LogP contribution in [0.1, 0.15) is 41.3 Å². The maximum absolute atomic E-state index is 12.5. The molecule has 1 aliphatic carbocycles. The summed E-state index contributed by atoms with van der Waals surface area (Å²) in [6.45, 7) is 1.77. The van der Waals surface area contributed by atoms with Gasteiger partial charge in [0.1, 0.15) is 16.7 Å². The van der Waals surface area contributed by atoms with Crippen LogP contribution in [0.3, 0.4) is 0 Å². The van der Waals surface area contributed by atoms with Crippen molar-refractivity contribution < 1.29 is 19.6 Å². The molecule has 180 valence electrons. The monoisotopic (exact) mass is 476 g/mol. The van der Waals surface area contributed by atoms with Crippen molar-refractivity contribution in [3.8, 4) is 11.8 Å². The van der Waals surface area contributed by atoms with Crippen LogP contribution in [-0.4, -0.2) is 47.6 Å². The Kier molecular flexibility index (Phi) is 8.81. The number of nitrogens with one attached hydrogen (secondary N) is 5. The van der Waals surface area contributed by atoms with Crippen LogP contribution in [-0.2, 0) is 9.59 Å². The molecule has 0 radical (unpaired) electrons. The van der Waals surface area contributed by atoms with E-state index in [1.165, 1.54) is 12.4 Å². The third-order valence-electron chi connectivity index (χ3n) is 5.20. The number of carbonyl (C=O) groups is 3. The van der Waals surface area contributed by atoms with Crippen molar-refractivity contribution in [3.05, 3.63) is 65.2 Å². The van der Waals surface area contributed by atoms with Gasteiger partial charge in [-0.1, -0.05) is 11.8 Å². The molecular formula is C24H26N7O4+. The molecule has 6 N–H and O–H groups in total. The summed E-state index contributed by atoms with van der Waals surface area (Å²) in [7, 11) is 0. The van der Waals surface area contributed by atoms with Crippen molar-refractivity contribution >= 4 is 23.4 Å². The second-order valence-corrected chi connectivity index (χ2v) is 7.99. The van der Waals surface area contributed by atoms with Crippen LogP contribution in [0.25, 0.3) is 0 Å². The Bertz CT molecular complexity index is 1180. The smallest absolute Gasteiger partial charge is 0.268 e. The zero-order valence-corrected chi connectivity index (χ0v) is 19.0. The highest BCUT2D eigenvalue weighted by Crippen LogP contribution is 2.18. The molecule has 35 heavy (non-hydrogen) atoms. The average Bonchev–Trinajstić information content (AvgIpc) is 3.70. The predicted octanol–water partition coefficient (Wildman–Crippen LogP) is 1.32. The normalized spacial score (nSPS) is 13.8. The van der Waals surface area contributed by atoms with Crippen molar-refractivity contribution in [2.45, 2.75) is 37.9 Å². The fraction of sp³-hybridized carbons (Fsp3) is 0.292. The molecule has 1 aliphatic rings. The van der Waals surface area contributed by atoms with Gasteiger partial charge in [-0.05, 0) is 68.3 Å². The first kappa shape index (κ1) is 25.3. The minimum absolute atomic E-state index is 0.0848. The first-order chi connectivity index (χ1) is 16.9. The standard InChI is InChI=1S/C24H25N7O4/c1-15(29-31-25)22(24(34)30-35)28-23(33)18-8-4-16(5-9-18)2-3-17-6-10-20(11-7-17)27-21(32)14-26-19-12-13-19/h4-11,15,19,22,25-26H,12-14H2,1H3,(H3-,27,28,30,32,33,34,35)/p+1/t15-,22+/m1/s1. The van der Waals surface area contributed by atoms with Gasteiger partial charge in [-0.3, -0.25) is 19.6 Å². The maximum atomic E-state index is 12.5. The third kappa shape index (κ3) is 7.87. The van der Waals surface area contributed by atoms with Crippen LogP contribution < -0.4 is 26.3 Å². The summed E-state index contributed by atoms with van der Waals surface area (Å²) in [5.74, 6) is 4.51.